The molecular formula is C14H24N2O. The van der Waals surface area contributed by atoms with Crippen LogP contribution in [0.1, 0.15) is 43.9 Å². The monoisotopic (exact) mass is 236 g/mol. The van der Waals surface area contributed by atoms with E-state index in [1.807, 2.05) is 0 Å². The maximum absolute atomic E-state index is 5.57. The zero-order chi connectivity index (χ0) is 12.1. The van der Waals surface area contributed by atoms with Gasteiger partial charge in [-0.1, -0.05) is 19.8 Å². The van der Waals surface area contributed by atoms with Crippen LogP contribution in [-0.4, -0.2) is 18.0 Å². The van der Waals surface area contributed by atoms with Crippen LogP contribution < -0.4 is 5.73 Å². The van der Waals surface area contributed by atoms with E-state index in [4.69, 9.17) is 10.2 Å². The number of hydrogen-bond donors (Lipinski definition) is 1. The molecule has 1 aromatic rings. The van der Waals surface area contributed by atoms with Gasteiger partial charge in [0.25, 0.3) is 0 Å². The van der Waals surface area contributed by atoms with Gasteiger partial charge in [-0.3, -0.25) is 4.90 Å². The topological polar surface area (TPSA) is 42.4 Å². The summed E-state index contributed by atoms with van der Waals surface area (Å²) in [6, 6.07) is 2.08. The van der Waals surface area contributed by atoms with Gasteiger partial charge in [-0.2, -0.15) is 0 Å². The van der Waals surface area contributed by atoms with Crippen LogP contribution in [0.5, 0.6) is 0 Å². The van der Waals surface area contributed by atoms with E-state index in [0.717, 1.165) is 23.8 Å². The molecule has 1 aromatic heterocycles. The summed E-state index contributed by atoms with van der Waals surface area (Å²) in [4.78, 5) is 2.49. The van der Waals surface area contributed by atoms with Gasteiger partial charge in [0.2, 0.25) is 0 Å². The third-order valence-electron chi connectivity index (χ3n) is 3.73. The molecule has 0 aliphatic carbocycles. The van der Waals surface area contributed by atoms with E-state index in [-0.39, 0.29) is 0 Å². The van der Waals surface area contributed by atoms with Gasteiger partial charge < -0.3 is 10.2 Å². The lowest BCUT2D eigenvalue weighted by molar-refractivity contribution is 0.161. The average molecular weight is 236 g/mol. The largest absolute Gasteiger partial charge is 0.468 e. The van der Waals surface area contributed by atoms with Crippen LogP contribution in [0.4, 0.5) is 0 Å². The molecule has 0 bridgehead atoms. The number of nitrogens with two attached hydrogens (primary N) is 1. The molecule has 1 aliphatic rings. The highest BCUT2D eigenvalue weighted by Crippen LogP contribution is 2.23. The number of likely N-dealkylation sites (tertiary alicyclic amines) is 1. The van der Waals surface area contributed by atoms with Crippen molar-refractivity contribution in [1.82, 2.24) is 4.90 Å². The van der Waals surface area contributed by atoms with E-state index in [2.05, 4.69) is 17.9 Å². The molecule has 0 radical (unpaired) electrons. The minimum atomic E-state index is 0.572. The molecular weight excluding hydrogens is 212 g/mol. The minimum absolute atomic E-state index is 0.572. The first-order chi connectivity index (χ1) is 8.31. The van der Waals surface area contributed by atoms with Crippen molar-refractivity contribution >= 4 is 0 Å². The Kier molecular flexibility index (Phi) is 4.63. The van der Waals surface area contributed by atoms with Crippen LogP contribution >= 0.6 is 0 Å². The Hall–Kier alpha value is -0.800. The van der Waals surface area contributed by atoms with E-state index in [9.17, 15) is 0 Å². The summed E-state index contributed by atoms with van der Waals surface area (Å²) in [5.41, 5.74) is 6.67. The lowest BCUT2D eigenvalue weighted by Crippen LogP contribution is -2.33. The Morgan fingerprint density at radius 3 is 2.76 bits per heavy atom. The summed E-state index contributed by atoms with van der Waals surface area (Å²) in [5, 5.41) is 0. The SMILES string of the molecule is CCCC1CCN(Cc2cc(CN)co2)CC1. The average Bonchev–Trinajstić information content (AvgIpc) is 2.80. The van der Waals surface area contributed by atoms with Gasteiger partial charge >= 0.3 is 0 Å². The number of piperidine rings is 1. The van der Waals surface area contributed by atoms with Crippen molar-refractivity contribution < 1.29 is 4.42 Å². The fourth-order valence-electron chi connectivity index (χ4n) is 2.68. The summed E-state index contributed by atoms with van der Waals surface area (Å²) in [5.74, 6) is 2.01. The highest BCUT2D eigenvalue weighted by molar-refractivity contribution is 5.12. The highest BCUT2D eigenvalue weighted by atomic mass is 16.3. The maximum atomic E-state index is 5.57. The third-order valence-corrected chi connectivity index (χ3v) is 3.73. The first-order valence-corrected chi connectivity index (χ1v) is 6.80. The summed E-state index contributed by atoms with van der Waals surface area (Å²) in [6.07, 6.45) is 7.18. The smallest absolute Gasteiger partial charge is 0.118 e. The lowest BCUT2D eigenvalue weighted by atomic mass is 9.92. The molecule has 1 aliphatic heterocycles. The van der Waals surface area contributed by atoms with Crippen LogP contribution in [0.15, 0.2) is 16.7 Å². The lowest BCUT2D eigenvalue weighted by Gasteiger charge is -2.31. The first-order valence-electron chi connectivity index (χ1n) is 6.80. The van der Waals surface area contributed by atoms with Gasteiger partial charge in [0, 0.05) is 12.1 Å². The molecule has 0 unspecified atom stereocenters. The van der Waals surface area contributed by atoms with Gasteiger partial charge in [0.15, 0.2) is 0 Å². The number of nitrogens with zero attached hydrogens (tertiary/aromatic N) is 1. The van der Waals surface area contributed by atoms with Crippen molar-refractivity contribution in [3.63, 3.8) is 0 Å². The van der Waals surface area contributed by atoms with E-state index in [0.29, 0.717) is 6.54 Å². The third kappa shape index (κ3) is 3.58. The van der Waals surface area contributed by atoms with Crippen molar-refractivity contribution in [1.29, 1.82) is 0 Å². The Morgan fingerprint density at radius 1 is 1.41 bits per heavy atom. The number of furan rings is 1. The molecule has 3 nitrogen and oxygen atoms in total. The highest BCUT2D eigenvalue weighted by Gasteiger charge is 2.19. The van der Waals surface area contributed by atoms with Crippen LogP contribution in [0.25, 0.3) is 0 Å². The molecule has 0 amide bonds. The van der Waals surface area contributed by atoms with Crippen molar-refractivity contribution in [3.05, 3.63) is 23.7 Å². The van der Waals surface area contributed by atoms with Gasteiger partial charge in [-0.05, 0) is 37.9 Å². The molecule has 96 valence electrons. The second-order valence-corrected chi connectivity index (χ2v) is 5.13. The molecule has 2 heterocycles. The first kappa shape index (κ1) is 12.7. The van der Waals surface area contributed by atoms with Crippen molar-refractivity contribution in [2.45, 2.75) is 45.7 Å². The van der Waals surface area contributed by atoms with Crippen molar-refractivity contribution in [2.75, 3.05) is 13.1 Å². The molecule has 0 atom stereocenters. The molecule has 1 saturated heterocycles. The fourth-order valence-corrected chi connectivity index (χ4v) is 2.68. The predicted octanol–water partition coefficient (Wildman–Crippen LogP) is 2.75. The van der Waals surface area contributed by atoms with Gasteiger partial charge in [0.05, 0.1) is 12.8 Å². The van der Waals surface area contributed by atoms with Crippen LogP contribution in [-0.2, 0) is 13.1 Å². The molecule has 17 heavy (non-hydrogen) atoms. The van der Waals surface area contributed by atoms with Gasteiger partial charge in [-0.15, -0.1) is 0 Å². The van der Waals surface area contributed by atoms with Gasteiger partial charge in [0.1, 0.15) is 5.76 Å². The summed E-state index contributed by atoms with van der Waals surface area (Å²) >= 11 is 0. The normalized spacial score (nSPS) is 18.7. The fraction of sp³-hybridized carbons (Fsp3) is 0.714. The molecule has 0 spiro atoms. The van der Waals surface area contributed by atoms with Crippen LogP contribution in [0.3, 0.4) is 0 Å². The predicted molar refractivity (Wildman–Crippen MR) is 69.5 cm³/mol. The van der Waals surface area contributed by atoms with E-state index in [1.165, 1.54) is 38.8 Å². The summed E-state index contributed by atoms with van der Waals surface area (Å²) in [6.45, 7) is 6.22. The quantitative estimate of drug-likeness (QED) is 0.854. The number of hydrogen-bond acceptors (Lipinski definition) is 3. The molecule has 0 saturated carbocycles. The minimum Gasteiger partial charge on any atom is -0.468 e. The van der Waals surface area contributed by atoms with Crippen molar-refractivity contribution in [3.8, 4) is 0 Å². The second kappa shape index (κ2) is 6.22. The molecule has 0 aromatic carbocycles. The zero-order valence-electron chi connectivity index (χ0n) is 10.8. The summed E-state index contributed by atoms with van der Waals surface area (Å²) in [7, 11) is 0. The maximum Gasteiger partial charge on any atom is 0.118 e. The Labute approximate surface area is 104 Å². The van der Waals surface area contributed by atoms with Gasteiger partial charge in [-0.25, -0.2) is 0 Å². The standard InChI is InChI=1S/C14H24N2O/c1-2-3-12-4-6-16(7-5-12)10-14-8-13(9-15)11-17-14/h8,11-12H,2-7,9-10,15H2,1H3. The molecule has 2 N–H and O–H groups in total. The Morgan fingerprint density at radius 2 is 2.18 bits per heavy atom. The van der Waals surface area contributed by atoms with Crippen LogP contribution in [0, 0.1) is 5.92 Å². The van der Waals surface area contributed by atoms with Crippen LogP contribution in [0.2, 0.25) is 0 Å². The summed E-state index contributed by atoms with van der Waals surface area (Å²) < 4.78 is 5.51. The van der Waals surface area contributed by atoms with Crippen molar-refractivity contribution in [2.24, 2.45) is 11.7 Å². The van der Waals surface area contributed by atoms with E-state index in [1.54, 1.807) is 6.26 Å². The van der Waals surface area contributed by atoms with E-state index >= 15 is 0 Å². The number of rotatable bonds is 5. The Balaban J connectivity index is 1.77. The zero-order valence-corrected chi connectivity index (χ0v) is 10.8. The van der Waals surface area contributed by atoms with E-state index < -0.39 is 0 Å². The Bertz CT molecular complexity index is 327. The molecule has 1 fully saturated rings. The molecule has 3 heteroatoms. The molecule has 2 rings (SSSR count). The second-order valence-electron chi connectivity index (χ2n) is 5.13.